The summed E-state index contributed by atoms with van der Waals surface area (Å²) in [6.45, 7) is 9.68. The smallest absolute Gasteiger partial charge is 0.451 e. The van der Waals surface area contributed by atoms with Gasteiger partial charge in [0, 0.05) is 12.5 Å². The number of alkyl carbamates (subject to hydrolysis) is 1. The number of rotatable bonds is 7. The van der Waals surface area contributed by atoms with Crippen LogP contribution in [0.3, 0.4) is 0 Å². The first-order valence-corrected chi connectivity index (χ1v) is 13.0. The highest BCUT2D eigenvalue weighted by Crippen LogP contribution is 2.38. The minimum absolute atomic E-state index is 0.0523. The van der Waals surface area contributed by atoms with Crippen LogP contribution in [-0.2, 0) is 20.5 Å². The topological polar surface area (TPSA) is 149 Å². The molecule has 1 aromatic carbocycles. The summed E-state index contributed by atoms with van der Waals surface area (Å²) in [4.78, 5) is 46.6. The third-order valence-corrected chi connectivity index (χ3v) is 6.30. The van der Waals surface area contributed by atoms with E-state index in [1.165, 1.54) is 26.4 Å². The molecule has 0 bridgehead atoms. The second kappa shape index (κ2) is 11.7. The van der Waals surface area contributed by atoms with E-state index in [1.807, 2.05) is 0 Å². The summed E-state index contributed by atoms with van der Waals surface area (Å²) in [7, 11) is 2.65. The summed E-state index contributed by atoms with van der Waals surface area (Å²) in [5, 5.41) is 12.5. The van der Waals surface area contributed by atoms with Crippen LogP contribution in [0.15, 0.2) is 12.1 Å². The van der Waals surface area contributed by atoms with Crippen molar-refractivity contribution in [3.05, 3.63) is 18.0 Å². The van der Waals surface area contributed by atoms with Gasteiger partial charge in [-0.15, -0.1) is 0 Å². The lowest BCUT2D eigenvalue weighted by Gasteiger charge is -2.35. The number of nitrogens with one attached hydrogen (secondary N) is 1. The quantitative estimate of drug-likeness (QED) is 0.477. The summed E-state index contributed by atoms with van der Waals surface area (Å²) in [6.07, 6.45) is -7.12. The summed E-state index contributed by atoms with van der Waals surface area (Å²) >= 11 is 0. The molecule has 0 spiro atoms. The molecule has 0 saturated carbocycles. The summed E-state index contributed by atoms with van der Waals surface area (Å²) in [6, 6.07) is -0.00556. The fraction of sp³-hybridized carbons (Fsp3) is 0.593. The van der Waals surface area contributed by atoms with Crippen molar-refractivity contribution < 1.29 is 51.6 Å². The predicted octanol–water partition coefficient (Wildman–Crippen LogP) is 4.04. The maximum Gasteiger partial charge on any atom is 0.451 e. The number of halogens is 3. The van der Waals surface area contributed by atoms with Gasteiger partial charge in [0.05, 0.1) is 31.7 Å². The Hall–Kier alpha value is -4.04. The van der Waals surface area contributed by atoms with E-state index >= 15 is 0 Å². The van der Waals surface area contributed by atoms with Gasteiger partial charge in [-0.1, -0.05) is 20.8 Å². The molecule has 2 heterocycles. The highest BCUT2D eigenvalue weighted by Gasteiger charge is 2.46. The normalized spacial score (nSPS) is 18.4. The molecule has 1 aliphatic heterocycles. The van der Waals surface area contributed by atoms with Crippen molar-refractivity contribution in [1.29, 1.82) is 0 Å². The summed E-state index contributed by atoms with van der Waals surface area (Å²) < 4.78 is 62.6. The SMILES string of the molecule is COc1cc2nc(C(F)(F)F)nc(O[C@@H]3CC(C(=O)O)N(C(=O)C(NC(=O)OC(C)(C)C)C(C)(C)C)C3)c2cc1OC. The number of likely N-dealkylation sites (tertiary alicyclic amines) is 1. The van der Waals surface area contributed by atoms with Gasteiger partial charge in [0.25, 0.3) is 0 Å². The van der Waals surface area contributed by atoms with Crippen LogP contribution in [0.4, 0.5) is 18.0 Å². The Morgan fingerprint density at radius 1 is 1.02 bits per heavy atom. The average Bonchev–Trinajstić information content (AvgIpc) is 3.28. The highest BCUT2D eigenvalue weighted by atomic mass is 19.4. The van der Waals surface area contributed by atoms with Crippen molar-refractivity contribution in [2.45, 2.75) is 77.9 Å². The van der Waals surface area contributed by atoms with E-state index in [2.05, 4.69) is 15.3 Å². The van der Waals surface area contributed by atoms with Gasteiger partial charge in [-0.3, -0.25) is 4.79 Å². The third-order valence-electron chi connectivity index (χ3n) is 6.30. The summed E-state index contributed by atoms with van der Waals surface area (Å²) in [5.74, 6) is -3.73. The molecule has 1 saturated heterocycles. The number of nitrogens with zero attached hydrogens (tertiary/aromatic N) is 3. The van der Waals surface area contributed by atoms with Gasteiger partial charge in [0.15, 0.2) is 11.5 Å². The van der Waals surface area contributed by atoms with Gasteiger partial charge in [0.1, 0.15) is 23.8 Å². The molecule has 12 nitrogen and oxygen atoms in total. The van der Waals surface area contributed by atoms with E-state index < -0.39 is 65.1 Å². The maximum atomic E-state index is 13.7. The zero-order valence-electron chi connectivity index (χ0n) is 24.6. The molecule has 3 rings (SSSR count). The number of aliphatic carboxylic acids is 1. The van der Waals surface area contributed by atoms with Crippen LogP contribution in [-0.4, -0.2) is 82.5 Å². The third kappa shape index (κ3) is 7.42. The van der Waals surface area contributed by atoms with E-state index in [9.17, 15) is 32.7 Å². The Labute approximate surface area is 240 Å². The number of carbonyl (C=O) groups excluding carboxylic acids is 2. The Bertz CT molecular complexity index is 1350. The van der Waals surface area contributed by atoms with Crippen molar-refractivity contribution in [2.24, 2.45) is 5.41 Å². The molecular weight excluding hydrogens is 565 g/mol. The molecule has 2 unspecified atom stereocenters. The molecule has 232 valence electrons. The molecule has 1 fully saturated rings. The van der Waals surface area contributed by atoms with E-state index in [0.717, 1.165) is 4.90 Å². The number of carboxylic acid groups (broad SMARTS) is 1. The van der Waals surface area contributed by atoms with Crippen LogP contribution in [0.1, 0.15) is 53.8 Å². The number of alkyl halides is 3. The fourth-order valence-corrected chi connectivity index (χ4v) is 4.40. The van der Waals surface area contributed by atoms with E-state index in [1.54, 1.807) is 41.5 Å². The Morgan fingerprint density at radius 3 is 2.12 bits per heavy atom. The molecular formula is C27H35F3N4O8. The average molecular weight is 601 g/mol. The minimum Gasteiger partial charge on any atom is -0.493 e. The number of hydrogen-bond acceptors (Lipinski definition) is 9. The number of fused-ring (bicyclic) bond motifs is 1. The number of aromatic nitrogens is 2. The second-order valence-electron chi connectivity index (χ2n) is 11.8. The molecule has 2 aromatic rings. The summed E-state index contributed by atoms with van der Waals surface area (Å²) in [5.41, 5.74) is -1.87. The van der Waals surface area contributed by atoms with Crippen LogP contribution in [0, 0.1) is 5.41 Å². The maximum absolute atomic E-state index is 13.7. The van der Waals surface area contributed by atoms with Gasteiger partial charge in [-0.2, -0.15) is 18.2 Å². The van der Waals surface area contributed by atoms with Gasteiger partial charge in [0.2, 0.25) is 17.6 Å². The second-order valence-corrected chi connectivity index (χ2v) is 11.8. The van der Waals surface area contributed by atoms with Gasteiger partial charge in [-0.05, 0) is 32.3 Å². The Kier molecular flexibility index (Phi) is 9.03. The van der Waals surface area contributed by atoms with Crippen molar-refractivity contribution in [3.8, 4) is 17.4 Å². The number of benzene rings is 1. The Morgan fingerprint density at radius 2 is 1.62 bits per heavy atom. The number of methoxy groups -OCH3 is 2. The highest BCUT2D eigenvalue weighted by molar-refractivity contribution is 5.91. The first-order valence-electron chi connectivity index (χ1n) is 13.0. The number of ether oxygens (including phenoxy) is 4. The number of hydrogen-bond donors (Lipinski definition) is 2. The van der Waals surface area contributed by atoms with Crippen LogP contribution in [0.2, 0.25) is 0 Å². The van der Waals surface area contributed by atoms with Crippen molar-refractivity contribution in [2.75, 3.05) is 20.8 Å². The van der Waals surface area contributed by atoms with Crippen molar-refractivity contribution in [1.82, 2.24) is 20.2 Å². The zero-order valence-corrected chi connectivity index (χ0v) is 24.6. The fourth-order valence-electron chi connectivity index (χ4n) is 4.40. The molecule has 0 radical (unpaired) electrons. The van der Waals surface area contributed by atoms with E-state index in [0.29, 0.717) is 0 Å². The molecule has 42 heavy (non-hydrogen) atoms. The van der Waals surface area contributed by atoms with Crippen LogP contribution >= 0.6 is 0 Å². The molecule has 3 atom stereocenters. The number of carboxylic acids is 1. The van der Waals surface area contributed by atoms with Gasteiger partial charge in [-0.25, -0.2) is 14.6 Å². The molecule has 1 aromatic heterocycles. The van der Waals surface area contributed by atoms with Crippen LogP contribution < -0.4 is 19.5 Å². The molecule has 0 aliphatic carbocycles. The predicted molar refractivity (Wildman–Crippen MR) is 142 cm³/mol. The first-order chi connectivity index (χ1) is 19.2. The molecule has 2 amide bonds. The van der Waals surface area contributed by atoms with Crippen LogP contribution in [0.5, 0.6) is 17.4 Å². The minimum atomic E-state index is -4.92. The molecule has 15 heteroatoms. The largest absolute Gasteiger partial charge is 0.493 e. The number of amides is 2. The van der Waals surface area contributed by atoms with Crippen molar-refractivity contribution >= 4 is 28.9 Å². The first kappa shape index (κ1) is 32.5. The monoisotopic (exact) mass is 600 g/mol. The van der Waals surface area contributed by atoms with E-state index in [4.69, 9.17) is 18.9 Å². The van der Waals surface area contributed by atoms with Crippen molar-refractivity contribution in [3.63, 3.8) is 0 Å². The lowest BCUT2D eigenvalue weighted by molar-refractivity contribution is -0.150. The van der Waals surface area contributed by atoms with Gasteiger partial charge < -0.3 is 34.3 Å². The lowest BCUT2D eigenvalue weighted by Crippen LogP contribution is -2.57. The lowest BCUT2D eigenvalue weighted by atomic mass is 9.85. The number of carbonyl (C=O) groups is 3. The molecule has 2 N–H and O–H groups in total. The standard InChI is InChI=1S/C27H35F3N4O8/c1-25(2,3)19(32-24(38)42-26(4,5)6)21(35)34-12-13(9-16(34)22(36)37)41-20-14-10-17(39-7)18(40-8)11-15(14)31-23(33-20)27(28,29)30/h10-11,13,16,19H,9,12H2,1-8H3,(H,32,38)(H,36,37)/t13-,16?,19?/m1/s1. The molecule has 1 aliphatic rings. The zero-order chi connectivity index (χ0) is 31.8. The van der Waals surface area contributed by atoms with E-state index in [-0.39, 0.29) is 35.4 Å². The van der Waals surface area contributed by atoms with Gasteiger partial charge >= 0.3 is 18.2 Å². The Balaban J connectivity index is 1.99. The van der Waals surface area contributed by atoms with Crippen LogP contribution in [0.25, 0.3) is 10.9 Å².